The van der Waals surface area contributed by atoms with Gasteiger partial charge < -0.3 is 20.1 Å². The third-order valence-electron chi connectivity index (χ3n) is 3.48. The zero-order valence-corrected chi connectivity index (χ0v) is 18.3. The summed E-state index contributed by atoms with van der Waals surface area (Å²) in [4.78, 5) is 4.27. The van der Waals surface area contributed by atoms with Gasteiger partial charge >= 0.3 is 0 Å². The summed E-state index contributed by atoms with van der Waals surface area (Å²) in [6.07, 6.45) is 5.16. The number of guanidine groups is 1. The summed E-state index contributed by atoms with van der Waals surface area (Å²) in [5.74, 6) is 2.35. The molecule has 0 aliphatic heterocycles. The number of hydrogen-bond donors (Lipinski definition) is 2. The van der Waals surface area contributed by atoms with E-state index < -0.39 is 0 Å². The molecule has 1 aromatic rings. The first-order valence-electron chi connectivity index (χ1n) is 8.64. The van der Waals surface area contributed by atoms with Gasteiger partial charge in [-0.25, -0.2) is 0 Å². The van der Waals surface area contributed by atoms with E-state index in [1.807, 2.05) is 32.9 Å². The van der Waals surface area contributed by atoms with Crippen molar-refractivity contribution in [1.29, 1.82) is 0 Å². The fourth-order valence-corrected chi connectivity index (χ4v) is 2.26. The predicted octanol–water partition coefficient (Wildman–Crippen LogP) is 4.29. The minimum absolute atomic E-state index is 0. The van der Waals surface area contributed by atoms with E-state index in [9.17, 15) is 0 Å². The summed E-state index contributed by atoms with van der Waals surface area (Å²) in [5, 5.41) is 6.71. The van der Waals surface area contributed by atoms with Crippen LogP contribution in [0.4, 0.5) is 0 Å². The summed E-state index contributed by atoms with van der Waals surface area (Å²) in [7, 11) is 1.78. The predicted molar refractivity (Wildman–Crippen MR) is 117 cm³/mol. The van der Waals surface area contributed by atoms with Gasteiger partial charge in [0.2, 0.25) is 0 Å². The van der Waals surface area contributed by atoms with Crippen molar-refractivity contribution in [1.82, 2.24) is 10.6 Å². The van der Waals surface area contributed by atoms with Gasteiger partial charge in [-0.05, 0) is 51.8 Å². The van der Waals surface area contributed by atoms with Crippen molar-refractivity contribution < 1.29 is 9.47 Å². The third-order valence-corrected chi connectivity index (χ3v) is 3.48. The smallest absolute Gasteiger partial charge is 0.191 e. The van der Waals surface area contributed by atoms with Crippen LogP contribution in [-0.4, -0.2) is 32.8 Å². The van der Waals surface area contributed by atoms with Crippen LogP contribution in [0.3, 0.4) is 0 Å². The lowest BCUT2D eigenvalue weighted by molar-refractivity contribution is 0.287. The second kappa shape index (κ2) is 13.8. The number of halogens is 1. The Labute approximate surface area is 169 Å². The molecule has 142 valence electrons. The highest BCUT2D eigenvalue weighted by atomic mass is 127. The minimum atomic E-state index is 0. The Morgan fingerprint density at radius 1 is 1.20 bits per heavy atom. The highest BCUT2D eigenvalue weighted by Gasteiger charge is 2.12. The zero-order valence-electron chi connectivity index (χ0n) is 16.0. The van der Waals surface area contributed by atoms with Crippen LogP contribution >= 0.6 is 24.0 Å². The number of ether oxygens (including phenoxy) is 2. The quantitative estimate of drug-likeness (QED) is 0.189. The van der Waals surface area contributed by atoms with Gasteiger partial charge in [0.25, 0.3) is 0 Å². The van der Waals surface area contributed by atoms with Crippen molar-refractivity contribution in [3.05, 3.63) is 35.9 Å². The molecular weight excluding hydrogens is 429 g/mol. The second-order valence-corrected chi connectivity index (χ2v) is 5.29. The molecule has 0 amide bonds. The van der Waals surface area contributed by atoms with Gasteiger partial charge in [0.05, 0.1) is 19.3 Å². The van der Waals surface area contributed by atoms with Crippen LogP contribution in [0.5, 0.6) is 11.5 Å². The molecule has 0 saturated carbocycles. The highest BCUT2D eigenvalue weighted by molar-refractivity contribution is 14.0. The van der Waals surface area contributed by atoms with Crippen LogP contribution in [0.2, 0.25) is 0 Å². The number of nitrogens with one attached hydrogen (secondary N) is 2. The minimum Gasteiger partial charge on any atom is -0.490 e. The van der Waals surface area contributed by atoms with E-state index in [4.69, 9.17) is 9.47 Å². The molecule has 0 aliphatic rings. The van der Waals surface area contributed by atoms with E-state index >= 15 is 0 Å². The van der Waals surface area contributed by atoms with Crippen molar-refractivity contribution in [2.24, 2.45) is 4.99 Å². The average molecular weight is 461 g/mol. The van der Waals surface area contributed by atoms with Gasteiger partial charge in [0.15, 0.2) is 17.5 Å². The van der Waals surface area contributed by atoms with Crippen molar-refractivity contribution >= 4 is 29.9 Å². The molecule has 0 spiro atoms. The topological polar surface area (TPSA) is 54.9 Å². The summed E-state index contributed by atoms with van der Waals surface area (Å²) in [6.45, 7) is 10.2. The molecule has 25 heavy (non-hydrogen) atoms. The summed E-state index contributed by atoms with van der Waals surface area (Å²) < 4.78 is 11.3. The van der Waals surface area contributed by atoms with Gasteiger partial charge in [-0.2, -0.15) is 0 Å². The van der Waals surface area contributed by atoms with Crippen molar-refractivity contribution in [3.8, 4) is 11.5 Å². The van der Waals surface area contributed by atoms with Crippen LogP contribution in [0.1, 0.15) is 45.7 Å². The van der Waals surface area contributed by atoms with Crippen LogP contribution in [-0.2, 0) is 0 Å². The molecule has 1 aromatic carbocycles. The number of aliphatic imine (C=N–C) groups is 1. The lowest BCUT2D eigenvalue weighted by atomic mass is 10.1. The fourth-order valence-electron chi connectivity index (χ4n) is 2.26. The first kappa shape index (κ1) is 23.6. The number of nitrogens with zero attached hydrogens (tertiary/aromatic N) is 1. The van der Waals surface area contributed by atoms with E-state index in [0.717, 1.165) is 36.0 Å². The highest BCUT2D eigenvalue weighted by Crippen LogP contribution is 2.30. The van der Waals surface area contributed by atoms with Gasteiger partial charge in [0, 0.05) is 13.6 Å². The largest absolute Gasteiger partial charge is 0.490 e. The Morgan fingerprint density at radius 2 is 1.88 bits per heavy atom. The van der Waals surface area contributed by atoms with Crippen molar-refractivity contribution in [2.75, 3.05) is 26.8 Å². The summed E-state index contributed by atoms with van der Waals surface area (Å²) in [5.41, 5.74) is 1.12. The van der Waals surface area contributed by atoms with Crippen LogP contribution in [0.25, 0.3) is 0 Å². The maximum atomic E-state index is 5.70. The normalized spacial score (nSPS) is 12.4. The molecule has 0 saturated heterocycles. The molecule has 5 nitrogen and oxygen atoms in total. The Morgan fingerprint density at radius 3 is 2.48 bits per heavy atom. The molecule has 1 atom stereocenters. The molecule has 0 aliphatic carbocycles. The van der Waals surface area contributed by atoms with E-state index in [1.165, 1.54) is 0 Å². The fraction of sp³-hybridized carbons (Fsp3) is 0.526. The number of benzene rings is 1. The molecular formula is C19H32IN3O2. The molecule has 2 N–H and O–H groups in total. The summed E-state index contributed by atoms with van der Waals surface area (Å²) in [6, 6.07) is 6.15. The lowest BCUT2D eigenvalue weighted by Crippen LogP contribution is -2.39. The molecule has 0 bridgehead atoms. The Balaban J connectivity index is 0.00000576. The second-order valence-electron chi connectivity index (χ2n) is 5.29. The van der Waals surface area contributed by atoms with Gasteiger partial charge in [-0.15, -0.1) is 24.0 Å². The Kier molecular flexibility index (Phi) is 13.0. The van der Waals surface area contributed by atoms with Crippen molar-refractivity contribution in [2.45, 2.75) is 40.2 Å². The van der Waals surface area contributed by atoms with Crippen molar-refractivity contribution in [3.63, 3.8) is 0 Å². The van der Waals surface area contributed by atoms with E-state index in [1.54, 1.807) is 7.05 Å². The lowest BCUT2D eigenvalue weighted by Gasteiger charge is -2.20. The zero-order chi connectivity index (χ0) is 17.8. The van der Waals surface area contributed by atoms with E-state index in [-0.39, 0.29) is 30.0 Å². The third kappa shape index (κ3) is 8.47. The monoisotopic (exact) mass is 461 g/mol. The van der Waals surface area contributed by atoms with Crippen LogP contribution in [0.15, 0.2) is 35.3 Å². The molecule has 0 fully saturated rings. The van der Waals surface area contributed by atoms with E-state index in [2.05, 4.69) is 40.8 Å². The maximum absolute atomic E-state index is 5.70. The molecule has 0 heterocycles. The SMILES string of the molecule is C/C=C/CCNC(=NC)NC(C)c1ccc(OCC)c(OCC)c1.I. The first-order chi connectivity index (χ1) is 11.7. The van der Waals surface area contributed by atoms with Crippen LogP contribution < -0.4 is 20.1 Å². The van der Waals surface area contributed by atoms with Gasteiger partial charge in [0.1, 0.15) is 0 Å². The standard InChI is InChI=1S/C19H31N3O2.HI/c1-6-9-10-13-21-19(20-5)22-15(4)16-11-12-17(23-7-2)18(14-16)24-8-3;/h6,9,11-12,14-15H,7-8,10,13H2,1-5H3,(H2,20,21,22);1H/b9-6+;. The molecule has 0 aromatic heterocycles. The van der Waals surface area contributed by atoms with E-state index in [0.29, 0.717) is 13.2 Å². The maximum Gasteiger partial charge on any atom is 0.191 e. The molecule has 1 unspecified atom stereocenters. The Bertz CT molecular complexity index is 547. The first-order valence-corrected chi connectivity index (χ1v) is 8.64. The number of allylic oxidation sites excluding steroid dienone is 1. The number of hydrogen-bond acceptors (Lipinski definition) is 3. The van der Waals surface area contributed by atoms with Crippen LogP contribution in [0, 0.1) is 0 Å². The average Bonchev–Trinajstić information content (AvgIpc) is 2.59. The molecule has 1 rings (SSSR count). The number of rotatable bonds is 9. The van der Waals surface area contributed by atoms with Gasteiger partial charge in [-0.3, -0.25) is 4.99 Å². The molecule has 0 radical (unpaired) electrons. The van der Waals surface area contributed by atoms with Gasteiger partial charge in [-0.1, -0.05) is 18.2 Å². The molecule has 6 heteroatoms. The Hall–Kier alpha value is -1.44. The summed E-state index contributed by atoms with van der Waals surface area (Å²) >= 11 is 0.